The quantitative estimate of drug-likeness (QED) is 0.630. The van der Waals surface area contributed by atoms with E-state index in [1.54, 1.807) is 0 Å². The first-order valence-electron chi connectivity index (χ1n) is 4.77. The smallest absolute Gasteiger partial charge is 0.222 e. The molecular weight excluding hydrogens is 152 g/mol. The summed E-state index contributed by atoms with van der Waals surface area (Å²) in [6.45, 7) is 3.56. The van der Waals surface area contributed by atoms with Gasteiger partial charge in [0.1, 0.15) is 0 Å². The molecule has 1 fully saturated rings. The van der Waals surface area contributed by atoms with Gasteiger partial charge in [-0.15, -0.1) is 0 Å². The van der Waals surface area contributed by atoms with Crippen LogP contribution < -0.4 is 5.73 Å². The molecule has 0 radical (unpaired) electrons. The summed E-state index contributed by atoms with van der Waals surface area (Å²) < 4.78 is 0. The molecule has 2 N–H and O–H groups in total. The highest BCUT2D eigenvalue weighted by atomic mass is 16.2. The fourth-order valence-electron chi connectivity index (χ4n) is 1.62. The van der Waals surface area contributed by atoms with Crippen molar-refractivity contribution in [2.45, 2.75) is 38.6 Å². The Labute approximate surface area is 73.9 Å². The molecular formula is C9H18N2O. The van der Waals surface area contributed by atoms with Gasteiger partial charge >= 0.3 is 0 Å². The van der Waals surface area contributed by atoms with Crippen LogP contribution in [-0.4, -0.2) is 29.9 Å². The minimum absolute atomic E-state index is 0.197. The number of likely N-dealkylation sites (tertiary alicyclic amines) is 1. The Balaban J connectivity index is 2.46. The molecule has 0 saturated carbocycles. The number of nitrogens with two attached hydrogens (primary N) is 1. The Bertz CT molecular complexity index is 159. The molecule has 1 aliphatic heterocycles. The third kappa shape index (κ3) is 2.48. The van der Waals surface area contributed by atoms with Crippen molar-refractivity contribution < 1.29 is 4.79 Å². The number of amides is 1. The van der Waals surface area contributed by atoms with Gasteiger partial charge in [-0.1, -0.05) is 13.3 Å². The van der Waals surface area contributed by atoms with E-state index in [-0.39, 0.29) is 11.9 Å². The number of nitrogens with zero attached hydrogens (tertiary/aromatic N) is 1. The molecule has 70 valence electrons. The molecule has 0 bridgehead atoms. The van der Waals surface area contributed by atoms with Crippen molar-refractivity contribution in [3.05, 3.63) is 0 Å². The van der Waals surface area contributed by atoms with Crippen LogP contribution in [0.2, 0.25) is 0 Å². The maximum absolute atomic E-state index is 11.3. The summed E-state index contributed by atoms with van der Waals surface area (Å²) in [6.07, 6.45) is 3.94. The molecule has 12 heavy (non-hydrogen) atoms. The number of hydrogen-bond acceptors (Lipinski definition) is 2. The van der Waals surface area contributed by atoms with Crippen LogP contribution in [0.15, 0.2) is 0 Å². The van der Waals surface area contributed by atoms with Gasteiger partial charge in [-0.3, -0.25) is 4.79 Å². The fraction of sp³-hybridized carbons (Fsp3) is 0.889. The predicted molar refractivity (Wildman–Crippen MR) is 48.7 cm³/mol. The highest BCUT2D eigenvalue weighted by molar-refractivity contribution is 5.75. The zero-order valence-electron chi connectivity index (χ0n) is 7.75. The molecule has 0 aliphatic carbocycles. The van der Waals surface area contributed by atoms with Crippen LogP contribution in [0.5, 0.6) is 0 Å². The van der Waals surface area contributed by atoms with Gasteiger partial charge in [0.15, 0.2) is 0 Å². The molecule has 1 aliphatic rings. The first-order chi connectivity index (χ1) is 5.74. The van der Waals surface area contributed by atoms with Crippen LogP contribution in [0.25, 0.3) is 0 Å². The average Bonchev–Trinajstić information content (AvgIpc) is 2.28. The molecule has 1 heterocycles. The van der Waals surface area contributed by atoms with Crippen molar-refractivity contribution in [1.29, 1.82) is 0 Å². The SMILES string of the molecule is CCC(=O)N1CCCCC(N)C1. The van der Waals surface area contributed by atoms with Gasteiger partial charge in [-0.05, 0) is 12.8 Å². The zero-order chi connectivity index (χ0) is 8.97. The summed E-state index contributed by atoms with van der Waals surface area (Å²) in [5, 5.41) is 0. The second-order valence-electron chi connectivity index (χ2n) is 3.45. The van der Waals surface area contributed by atoms with Crippen molar-refractivity contribution >= 4 is 5.91 Å². The Kier molecular flexibility index (Phi) is 3.53. The third-order valence-corrected chi connectivity index (χ3v) is 2.36. The number of carbonyl (C=O) groups is 1. The van der Waals surface area contributed by atoms with E-state index in [2.05, 4.69) is 0 Å². The number of rotatable bonds is 1. The molecule has 1 amide bonds. The van der Waals surface area contributed by atoms with E-state index in [1.165, 1.54) is 0 Å². The number of carbonyl (C=O) groups excluding carboxylic acids is 1. The first kappa shape index (κ1) is 9.52. The second-order valence-corrected chi connectivity index (χ2v) is 3.45. The van der Waals surface area contributed by atoms with Gasteiger partial charge < -0.3 is 10.6 Å². The Hall–Kier alpha value is -0.570. The van der Waals surface area contributed by atoms with E-state index < -0.39 is 0 Å². The summed E-state index contributed by atoms with van der Waals surface area (Å²) in [4.78, 5) is 13.2. The molecule has 1 atom stereocenters. The van der Waals surface area contributed by atoms with Gasteiger partial charge in [-0.25, -0.2) is 0 Å². The molecule has 0 aromatic heterocycles. The van der Waals surface area contributed by atoms with Gasteiger partial charge in [0.05, 0.1) is 0 Å². The molecule has 1 saturated heterocycles. The van der Waals surface area contributed by atoms with E-state index in [0.29, 0.717) is 6.42 Å². The molecule has 3 nitrogen and oxygen atoms in total. The van der Waals surface area contributed by atoms with Crippen molar-refractivity contribution in [3.8, 4) is 0 Å². The maximum atomic E-state index is 11.3. The van der Waals surface area contributed by atoms with E-state index in [4.69, 9.17) is 5.73 Å². The van der Waals surface area contributed by atoms with Crippen LogP contribution >= 0.6 is 0 Å². The molecule has 1 unspecified atom stereocenters. The van der Waals surface area contributed by atoms with Gasteiger partial charge in [0, 0.05) is 25.6 Å². The molecule has 3 heteroatoms. The van der Waals surface area contributed by atoms with Crippen LogP contribution in [0.4, 0.5) is 0 Å². The minimum Gasteiger partial charge on any atom is -0.341 e. The molecule has 0 aromatic carbocycles. The van der Waals surface area contributed by atoms with Crippen LogP contribution in [0.1, 0.15) is 32.6 Å². The lowest BCUT2D eigenvalue weighted by atomic mass is 10.2. The first-order valence-corrected chi connectivity index (χ1v) is 4.77. The number of hydrogen-bond donors (Lipinski definition) is 1. The summed E-state index contributed by atoms with van der Waals surface area (Å²) in [7, 11) is 0. The van der Waals surface area contributed by atoms with Crippen molar-refractivity contribution in [1.82, 2.24) is 4.90 Å². The standard InChI is InChI=1S/C9H18N2O/c1-2-9(12)11-6-4-3-5-8(10)7-11/h8H,2-7,10H2,1H3. The molecule has 0 aromatic rings. The van der Waals surface area contributed by atoms with Crippen LogP contribution in [0.3, 0.4) is 0 Å². The average molecular weight is 170 g/mol. The zero-order valence-corrected chi connectivity index (χ0v) is 7.75. The van der Waals surface area contributed by atoms with Crippen molar-refractivity contribution in [2.75, 3.05) is 13.1 Å². The summed E-state index contributed by atoms with van der Waals surface area (Å²) in [6, 6.07) is 0.197. The lowest BCUT2D eigenvalue weighted by molar-refractivity contribution is -0.130. The Morgan fingerprint density at radius 2 is 2.33 bits per heavy atom. The third-order valence-electron chi connectivity index (χ3n) is 2.36. The highest BCUT2D eigenvalue weighted by Crippen LogP contribution is 2.09. The predicted octanol–water partition coefficient (Wildman–Crippen LogP) is 0.736. The van der Waals surface area contributed by atoms with Crippen LogP contribution in [0, 0.1) is 0 Å². The lowest BCUT2D eigenvalue weighted by Gasteiger charge is -2.21. The van der Waals surface area contributed by atoms with E-state index in [1.807, 2.05) is 11.8 Å². The van der Waals surface area contributed by atoms with Crippen molar-refractivity contribution in [3.63, 3.8) is 0 Å². The topological polar surface area (TPSA) is 46.3 Å². The molecule has 0 spiro atoms. The summed E-state index contributed by atoms with van der Waals surface area (Å²) in [5.41, 5.74) is 5.82. The fourth-order valence-corrected chi connectivity index (χ4v) is 1.62. The Morgan fingerprint density at radius 3 is 3.00 bits per heavy atom. The van der Waals surface area contributed by atoms with E-state index >= 15 is 0 Å². The van der Waals surface area contributed by atoms with E-state index in [9.17, 15) is 4.79 Å². The maximum Gasteiger partial charge on any atom is 0.222 e. The summed E-state index contributed by atoms with van der Waals surface area (Å²) in [5.74, 6) is 0.243. The van der Waals surface area contributed by atoms with Crippen LogP contribution in [-0.2, 0) is 4.79 Å². The summed E-state index contributed by atoms with van der Waals surface area (Å²) >= 11 is 0. The Morgan fingerprint density at radius 1 is 1.58 bits per heavy atom. The second kappa shape index (κ2) is 4.45. The molecule has 1 rings (SSSR count). The normalized spacial score (nSPS) is 25.2. The van der Waals surface area contributed by atoms with Crippen molar-refractivity contribution in [2.24, 2.45) is 5.73 Å². The van der Waals surface area contributed by atoms with Gasteiger partial charge in [0.25, 0.3) is 0 Å². The largest absolute Gasteiger partial charge is 0.341 e. The minimum atomic E-state index is 0.197. The van der Waals surface area contributed by atoms with Gasteiger partial charge in [0.2, 0.25) is 5.91 Å². The monoisotopic (exact) mass is 170 g/mol. The van der Waals surface area contributed by atoms with Gasteiger partial charge in [-0.2, -0.15) is 0 Å². The lowest BCUT2D eigenvalue weighted by Crippen LogP contribution is -2.39. The highest BCUT2D eigenvalue weighted by Gasteiger charge is 2.17. The van der Waals surface area contributed by atoms with E-state index in [0.717, 1.165) is 32.4 Å².